The van der Waals surface area contributed by atoms with E-state index in [0.29, 0.717) is 18.0 Å². The summed E-state index contributed by atoms with van der Waals surface area (Å²) in [5.74, 6) is 1.15. The minimum Gasteiger partial charge on any atom is -0.339 e. The number of likely N-dealkylation sites (tertiary alicyclic amines) is 1. The van der Waals surface area contributed by atoms with E-state index < -0.39 is 0 Å². The number of carbonyl (C=O) groups excluding carboxylic acids is 1. The minimum atomic E-state index is 0.128. The van der Waals surface area contributed by atoms with Gasteiger partial charge in [0.2, 0.25) is 5.91 Å². The lowest BCUT2D eigenvalue weighted by Crippen LogP contribution is -2.46. The SMILES string of the molecule is CC1CCCN1C(=O)C1CC2CCCCC2N1. The lowest BCUT2D eigenvalue weighted by molar-refractivity contribution is -0.133. The van der Waals surface area contributed by atoms with E-state index in [0.717, 1.165) is 18.9 Å². The Hall–Kier alpha value is -0.570. The van der Waals surface area contributed by atoms with Gasteiger partial charge in [0.25, 0.3) is 0 Å². The maximum absolute atomic E-state index is 12.5. The summed E-state index contributed by atoms with van der Waals surface area (Å²) in [6.07, 6.45) is 8.78. The Kier molecular flexibility index (Phi) is 3.12. The summed E-state index contributed by atoms with van der Waals surface area (Å²) < 4.78 is 0. The summed E-state index contributed by atoms with van der Waals surface area (Å²) in [6, 6.07) is 1.23. The molecule has 1 amide bonds. The maximum Gasteiger partial charge on any atom is 0.239 e. The van der Waals surface area contributed by atoms with Gasteiger partial charge in [-0.25, -0.2) is 0 Å². The Labute approximate surface area is 104 Å². The van der Waals surface area contributed by atoms with Crippen molar-refractivity contribution >= 4 is 5.91 Å². The third-order valence-electron chi connectivity index (χ3n) is 5.00. The number of hydrogen-bond acceptors (Lipinski definition) is 2. The van der Waals surface area contributed by atoms with E-state index in [9.17, 15) is 4.79 Å². The van der Waals surface area contributed by atoms with E-state index in [1.165, 1.54) is 38.5 Å². The van der Waals surface area contributed by atoms with Crippen molar-refractivity contribution in [3.63, 3.8) is 0 Å². The Bertz CT molecular complexity index is 291. The second-order valence-electron chi connectivity index (χ2n) is 6.13. The van der Waals surface area contributed by atoms with Gasteiger partial charge in [-0.15, -0.1) is 0 Å². The Morgan fingerprint density at radius 3 is 2.71 bits per heavy atom. The molecule has 0 aromatic carbocycles. The molecule has 3 fully saturated rings. The fourth-order valence-corrected chi connectivity index (χ4v) is 3.97. The number of rotatable bonds is 1. The molecule has 0 radical (unpaired) electrons. The average Bonchev–Trinajstić information content (AvgIpc) is 2.93. The predicted molar refractivity (Wildman–Crippen MR) is 67.7 cm³/mol. The van der Waals surface area contributed by atoms with Gasteiger partial charge < -0.3 is 10.2 Å². The fourth-order valence-electron chi connectivity index (χ4n) is 3.97. The molecule has 2 heterocycles. The summed E-state index contributed by atoms with van der Waals surface area (Å²) in [5, 5.41) is 3.60. The third kappa shape index (κ3) is 2.10. The van der Waals surface area contributed by atoms with Crippen molar-refractivity contribution in [3.8, 4) is 0 Å². The summed E-state index contributed by atoms with van der Waals surface area (Å²) in [4.78, 5) is 14.6. The molecule has 0 aromatic heterocycles. The van der Waals surface area contributed by atoms with Crippen LogP contribution in [0.1, 0.15) is 51.9 Å². The third-order valence-corrected chi connectivity index (χ3v) is 5.00. The highest BCUT2D eigenvalue weighted by molar-refractivity contribution is 5.82. The molecule has 4 atom stereocenters. The van der Waals surface area contributed by atoms with Crippen molar-refractivity contribution in [1.82, 2.24) is 10.2 Å². The smallest absolute Gasteiger partial charge is 0.239 e. The average molecular weight is 236 g/mol. The molecule has 1 N–H and O–H groups in total. The molecule has 4 unspecified atom stereocenters. The number of carbonyl (C=O) groups is 1. The van der Waals surface area contributed by atoms with Crippen LogP contribution >= 0.6 is 0 Å². The van der Waals surface area contributed by atoms with Gasteiger partial charge in [-0.3, -0.25) is 4.79 Å². The van der Waals surface area contributed by atoms with E-state index in [4.69, 9.17) is 0 Å². The lowest BCUT2D eigenvalue weighted by atomic mass is 9.85. The van der Waals surface area contributed by atoms with Gasteiger partial charge in [-0.05, 0) is 44.9 Å². The molecular formula is C14H24N2O. The van der Waals surface area contributed by atoms with E-state index in [1.54, 1.807) is 0 Å². The van der Waals surface area contributed by atoms with Gasteiger partial charge in [0.05, 0.1) is 6.04 Å². The van der Waals surface area contributed by atoms with Crippen molar-refractivity contribution in [1.29, 1.82) is 0 Å². The van der Waals surface area contributed by atoms with Crippen molar-refractivity contribution in [3.05, 3.63) is 0 Å². The highest BCUT2D eigenvalue weighted by Crippen LogP contribution is 2.34. The normalized spacial score (nSPS) is 41.6. The first kappa shape index (κ1) is 11.5. The van der Waals surface area contributed by atoms with Gasteiger partial charge in [-0.1, -0.05) is 12.8 Å². The number of fused-ring (bicyclic) bond motifs is 1. The van der Waals surface area contributed by atoms with Crippen LogP contribution in [0.25, 0.3) is 0 Å². The Morgan fingerprint density at radius 2 is 2.00 bits per heavy atom. The van der Waals surface area contributed by atoms with Crippen molar-refractivity contribution in [2.45, 2.75) is 70.0 Å². The summed E-state index contributed by atoms with van der Waals surface area (Å²) in [6.45, 7) is 3.17. The van der Waals surface area contributed by atoms with Gasteiger partial charge in [0.15, 0.2) is 0 Å². The second kappa shape index (κ2) is 4.60. The molecule has 1 aliphatic carbocycles. The van der Waals surface area contributed by atoms with Crippen LogP contribution in [0.3, 0.4) is 0 Å². The molecule has 0 aromatic rings. The first-order valence-electron chi connectivity index (χ1n) is 7.32. The minimum absolute atomic E-state index is 0.128. The summed E-state index contributed by atoms with van der Waals surface area (Å²) in [7, 11) is 0. The molecule has 2 aliphatic heterocycles. The first-order valence-corrected chi connectivity index (χ1v) is 7.32. The van der Waals surface area contributed by atoms with Crippen LogP contribution in [0, 0.1) is 5.92 Å². The number of nitrogens with one attached hydrogen (secondary N) is 1. The van der Waals surface area contributed by atoms with Crippen LogP contribution in [-0.2, 0) is 4.79 Å². The molecule has 3 heteroatoms. The van der Waals surface area contributed by atoms with E-state index in [2.05, 4.69) is 17.1 Å². The molecule has 3 rings (SSSR count). The monoisotopic (exact) mass is 236 g/mol. The maximum atomic E-state index is 12.5. The molecular weight excluding hydrogens is 212 g/mol. The zero-order valence-electron chi connectivity index (χ0n) is 10.8. The van der Waals surface area contributed by atoms with Gasteiger partial charge in [-0.2, -0.15) is 0 Å². The van der Waals surface area contributed by atoms with Crippen LogP contribution in [0.5, 0.6) is 0 Å². The second-order valence-corrected chi connectivity index (χ2v) is 6.13. The topological polar surface area (TPSA) is 32.3 Å². The highest BCUT2D eigenvalue weighted by Gasteiger charge is 2.40. The Morgan fingerprint density at radius 1 is 1.18 bits per heavy atom. The van der Waals surface area contributed by atoms with Gasteiger partial charge >= 0.3 is 0 Å². The zero-order valence-corrected chi connectivity index (χ0v) is 10.8. The molecule has 96 valence electrons. The van der Waals surface area contributed by atoms with Gasteiger partial charge in [0.1, 0.15) is 0 Å². The molecule has 0 bridgehead atoms. The van der Waals surface area contributed by atoms with E-state index in [-0.39, 0.29) is 6.04 Å². The van der Waals surface area contributed by atoms with Crippen molar-refractivity contribution in [2.75, 3.05) is 6.54 Å². The lowest BCUT2D eigenvalue weighted by Gasteiger charge is -2.25. The molecule has 17 heavy (non-hydrogen) atoms. The number of amides is 1. The van der Waals surface area contributed by atoms with Crippen LogP contribution in [0.4, 0.5) is 0 Å². The van der Waals surface area contributed by atoms with Crippen LogP contribution in [0.15, 0.2) is 0 Å². The number of nitrogens with zero attached hydrogens (tertiary/aromatic N) is 1. The number of hydrogen-bond donors (Lipinski definition) is 1. The van der Waals surface area contributed by atoms with Crippen molar-refractivity contribution in [2.24, 2.45) is 5.92 Å². The van der Waals surface area contributed by atoms with E-state index in [1.807, 2.05) is 0 Å². The van der Waals surface area contributed by atoms with Crippen LogP contribution < -0.4 is 5.32 Å². The van der Waals surface area contributed by atoms with Crippen molar-refractivity contribution < 1.29 is 4.79 Å². The molecule has 3 aliphatic rings. The van der Waals surface area contributed by atoms with Crippen LogP contribution in [0.2, 0.25) is 0 Å². The molecule has 1 saturated carbocycles. The highest BCUT2D eigenvalue weighted by atomic mass is 16.2. The standard InChI is InChI=1S/C14H24N2O/c1-10-5-4-8-16(10)14(17)13-9-11-6-2-3-7-12(11)15-13/h10-13,15H,2-9H2,1H3. The van der Waals surface area contributed by atoms with Gasteiger partial charge in [0, 0.05) is 18.6 Å². The molecule has 0 spiro atoms. The quantitative estimate of drug-likeness (QED) is 0.754. The van der Waals surface area contributed by atoms with Crippen LogP contribution in [-0.4, -0.2) is 35.5 Å². The summed E-state index contributed by atoms with van der Waals surface area (Å²) >= 11 is 0. The zero-order chi connectivity index (χ0) is 11.8. The largest absolute Gasteiger partial charge is 0.339 e. The van der Waals surface area contributed by atoms with E-state index >= 15 is 0 Å². The molecule has 3 nitrogen and oxygen atoms in total. The predicted octanol–water partition coefficient (Wildman–Crippen LogP) is 1.92. The Balaban J connectivity index is 1.63. The molecule has 2 saturated heterocycles. The first-order chi connectivity index (χ1) is 8.25. The fraction of sp³-hybridized carbons (Fsp3) is 0.929. The summed E-state index contributed by atoms with van der Waals surface area (Å²) in [5.41, 5.74) is 0.